The summed E-state index contributed by atoms with van der Waals surface area (Å²) in [7, 11) is 3.60. The number of allylic oxidation sites excluding steroid dienone is 3. The van der Waals surface area contributed by atoms with Gasteiger partial charge in [-0.15, -0.1) is 0 Å². The standard InChI is InChI=1S/C41H71N3O8/c1-8-35-32(26-44-20-13-10-14-21-44)23-27(2)15-16-33(45)28(3)24-31(17-22-43-18-11-9-12-19-43)40(29(4)34(46)25-36(47)51-35)52-41-39(49)37(42(6)7)38(48)30(5)50-41/h15-16,23,28-32,34-35,37-41,46,48-49H,8-14,17-22,24-26H2,1-7H3/t28-,29+,30-,31+,32-,34?,35-,37+,38-,39-,40-,41+/m1/s1. The molecule has 4 heterocycles. The van der Waals surface area contributed by atoms with Crippen LogP contribution in [0.3, 0.4) is 0 Å². The molecule has 3 fully saturated rings. The van der Waals surface area contributed by atoms with E-state index in [1.165, 1.54) is 12.8 Å². The van der Waals surface area contributed by atoms with Gasteiger partial charge in [-0.05, 0) is 118 Å². The molecule has 0 aromatic heterocycles. The van der Waals surface area contributed by atoms with Crippen molar-refractivity contribution in [2.45, 2.75) is 148 Å². The van der Waals surface area contributed by atoms with Gasteiger partial charge in [0.15, 0.2) is 12.1 Å². The van der Waals surface area contributed by atoms with Gasteiger partial charge in [0.2, 0.25) is 0 Å². The summed E-state index contributed by atoms with van der Waals surface area (Å²) in [5.74, 6) is -1.58. The molecule has 0 amide bonds. The van der Waals surface area contributed by atoms with Gasteiger partial charge >= 0.3 is 5.97 Å². The molecule has 0 aliphatic carbocycles. The van der Waals surface area contributed by atoms with Crippen molar-refractivity contribution in [1.29, 1.82) is 0 Å². The molecular weight excluding hydrogens is 662 g/mol. The van der Waals surface area contributed by atoms with Crippen molar-refractivity contribution in [3.63, 3.8) is 0 Å². The summed E-state index contributed by atoms with van der Waals surface area (Å²) in [6.07, 6.45) is 8.49. The lowest BCUT2D eigenvalue weighted by Gasteiger charge is -2.47. The van der Waals surface area contributed by atoms with Gasteiger partial charge in [-0.3, -0.25) is 9.59 Å². The van der Waals surface area contributed by atoms with Gasteiger partial charge < -0.3 is 44.2 Å². The molecule has 0 bridgehead atoms. The highest BCUT2D eigenvalue weighted by Gasteiger charge is 2.47. The van der Waals surface area contributed by atoms with E-state index >= 15 is 0 Å². The molecule has 0 saturated carbocycles. The number of esters is 1. The molecule has 11 nitrogen and oxygen atoms in total. The Balaban J connectivity index is 1.68. The van der Waals surface area contributed by atoms with Crippen LogP contribution < -0.4 is 0 Å². The van der Waals surface area contributed by atoms with Crippen molar-refractivity contribution in [2.75, 3.05) is 53.4 Å². The number of aliphatic hydroxyl groups is 3. The molecule has 4 rings (SSSR count). The second-order valence-corrected chi connectivity index (χ2v) is 16.6. The Morgan fingerprint density at radius 2 is 1.54 bits per heavy atom. The number of likely N-dealkylation sites (tertiary alicyclic amines) is 2. The SMILES string of the molecule is CC[C@H]1OC(=O)CC(O)[C@H](C)[C@@H](O[C@@H]2O[C@H](C)[C@@H](O)[C@H](N(C)C)[C@H]2O)[C@@H](CCN2CCCCC2)C[C@@H](C)C(=O)C=CC(C)=C[C@@H]1CN1CCCCC1. The van der Waals surface area contributed by atoms with E-state index in [1.807, 2.05) is 33.8 Å². The maximum absolute atomic E-state index is 13.8. The quantitative estimate of drug-likeness (QED) is 0.295. The first-order valence-corrected chi connectivity index (χ1v) is 20.3. The molecule has 1 unspecified atom stereocenters. The van der Waals surface area contributed by atoms with Crippen LogP contribution in [0.4, 0.5) is 0 Å². The van der Waals surface area contributed by atoms with Crippen LogP contribution in [0.25, 0.3) is 0 Å². The third-order valence-electron chi connectivity index (χ3n) is 12.1. The van der Waals surface area contributed by atoms with Gasteiger partial charge in [-0.25, -0.2) is 0 Å². The Labute approximate surface area is 313 Å². The van der Waals surface area contributed by atoms with E-state index in [9.17, 15) is 24.9 Å². The minimum atomic E-state index is -1.17. The van der Waals surface area contributed by atoms with E-state index < -0.39 is 54.7 Å². The number of hydrogen-bond donors (Lipinski definition) is 3. The van der Waals surface area contributed by atoms with Crippen molar-refractivity contribution in [1.82, 2.24) is 14.7 Å². The summed E-state index contributed by atoms with van der Waals surface area (Å²) in [5.41, 5.74) is 0.954. The zero-order valence-corrected chi connectivity index (χ0v) is 33.2. The summed E-state index contributed by atoms with van der Waals surface area (Å²) in [5, 5.41) is 34.2. The van der Waals surface area contributed by atoms with Gasteiger partial charge in [0.1, 0.15) is 12.2 Å². The Morgan fingerprint density at radius 3 is 2.15 bits per heavy atom. The number of carbonyl (C=O) groups is 2. The maximum atomic E-state index is 13.8. The lowest BCUT2D eigenvalue weighted by Crippen LogP contribution is -2.63. The normalized spacial score (nSPS) is 38.6. The first-order chi connectivity index (χ1) is 24.8. The summed E-state index contributed by atoms with van der Waals surface area (Å²) >= 11 is 0. The van der Waals surface area contributed by atoms with Crippen molar-refractivity contribution >= 4 is 11.8 Å². The fourth-order valence-corrected chi connectivity index (χ4v) is 8.83. The number of aliphatic hydroxyl groups excluding tert-OH is 3. The number of rotatable bonds is 9. The van der Waals surface area contributed by atoms with Crippen LogP contribution in [-0.2, 0) is 23.8 Å². The zero-order valence-electron chi connectivity index (χ0n) is 33.2. The first-order valence-electron chi connectivity index (χ1n) is 20.3. The Morgan fingerprint density at radius 1 is 0.904 bits per heavy atom. The number of carbonyl (C=O) groups excluding carboxylic acids is 2. The topological polar surface area (TPSA) is 132 Å². The second-order valence-electron chi connectivity index (χ2n) is 16.6. The Bertz CT molecular complexity index is 1170. The van der Waals surface area contributed by atoms with Crippen molar-refractivity contribution in [3.8, 4) is 0 Å². The molecule has 0 spiro atoms. The fourth-order valence-electron chi connectivity index (χ4n) is 8.83. The van der Waals surface area contributed by atoms with Crippen LogP contribution in [0.2, 0.25) is 0 Å². The Kier molecular flexibility index (Phi) is 17.2. The van der Waals surface area contributed by atoms with Crippen LogP contribution in [-0.4, -0.2) is 144 Å². The maximum Gasteiger partial charge on any atom is 0.308 e. The average molecular weight is 734 g/mol. The van der Waals surface area contributed by atoms with E-state index in [0.29, 0.717) is 19.3 Å². The van der Waals surface area contributed by atoms with Crippen LogP contribution >= 0.6 is 0 Å². The van der Waals surface area contributed by atoms with E-state index in [1.54, 1.807) is 32.0 Å². The predicted octanol–water partition coefficient (Wildman–Crippen LogP) is 4.18. The molecule has 0 aromatic carbocycles. The van der Waals surface area contributed by atoms with Crippen LogP contribution in [0.5, 0.6) is 0 Å². The van der Waals surface area contributed by atoms with Crippen molar-refractivity contribution < 1.29 is 39.1 Å². The van der Waals surface area contributed by atoms with Crippen molar-refractivity contribution in [3.05, 3.63) is 23.8 Å². The van der Waals surface area contributed by atoms with E-state index in [2.05, 4.69) is 15.9 Å². The average Bonchev–Trinajstić information content (AvgIpc) is 3.12. The molecule has 12 atom stereocenters. The van der Waals surface area contributed by atoms with Crippen LogP contribution in [0.1, 0.15) is 98.8 Å². The molecule has 0 aromatic rings. The summed E-state index contributed by atoms with van der Waals surface area (Å²) in [4.78, 5) is 34.1. The molecule has 52 heavy (non-hydrogen) atoms. The van der Waals surface area contributed by atoms with Crippen LogP contribution in [0.15, 0.2) is 23.8 Å². The number of nitrogens with zero attached hydrogens (tertiary/aromatic N) is 3. The number of ketones is 1. The smallest absolute Gasteiger partial charge is 0.308 e. The van der Waals surface area contributed by atoms with Crippen molar-refractivity contribution in [2.24, 2.45) is 23.7 Å². The number of likely N-dealkylation sites (N-methyl/N-ethyl adjacent to an activating group) is 1. The summed E-state index contributed by atoms with van der Waals surface area (Å²) in [6, 6.07) is -0.632. The van der Waals surface area contributed by atoms with Crippen LogP contribution in [0, 0.1) is 23.7 Å². The number of piperidine rings is 2. The number of cyclic esters (lactones) is 1. The molecule has 4 aliphatic heterocycles. The highest BCUT2D eigenvalue weighted by atomic mass is 16.7. The predicted molar refractivity (Wildman–Crippen MR) is 203 cm³/mol. The highest BCUT2D eigenvalue weighted by molar-refractivity contribution is 5.91. The molecule has 3 N–H and O–H groups in total. The summed E-state index contributed by atoms with van der Waals surface area (Å²) in [6.45, 7) is 15.3. The minimum Gasteiger partial charge on any atom is -0.462 e. The lowest BCUT2D eigenvalue weighted by molar-refractivity contribution is -0.304. The van der Waals surface area contributed by atoms with Gasteiger partial charge in [-0.1, -0.05) is 51.3 Å². The highest BCUT2D eigenvalue weighted by Crippen LogP contribution is 2.35. The van der Waals surface area contributed by atoms with E-state index in [-0.39, 0.29) is 36.1 Å². The second kappa shape index (κ2) is 20.8. The monoisotopic (exact) mass is 734 g/mol. The van der Waals surface area contributed by atoms with Gasteiger partial charge in [0.05, 0.1) is 36.9 Å². The Hall–Kier alpha value is -1.70. The fraction of sp³-hybridized carbons (Fsp3) is 0.854. The first kappa shape index (κ1) is 43.0. The number of ether oxygens (including phenoxy) is 3. The third-order valence-corrected chi connectivity index (χ3v) is 12.1. The molecule has 298 valence electrons. The molecule has 11 heteroatoms. The van der Waals surface area contributed by atoms with E-state index in [4.69, 9.17) is 14.2 Å². The van der Waals surface area contributed by atoms with Gasteiger partial charge in [0, 0.05) is 24.3 Å². The summed E-state index contributed by atoms with van der Waals surface area (Å²) < 4.78 is 19.1. The third kappa shape index (κ3) is 12.2. The molecule has 0 radical (unpaired) electrons. The number of hydrogen-bond acceptors (Lipinski definition) is 11. The largest absolute Gasteiger partial charge is 0.462 e. The van der Waals surface area contributed by atoms with E-state index in [0.717, 1.165) is 70.5 Å². The lowest BCUT2D eigenvalue weighted by atomic mass is 9.79. The minimum absolute atomic E-state index is 0.0270. The zero-order chi connectivity index (χ0) is 37.9. The molecule has 3 saturated heterocycles. The van der Waals surface area contributed by atoms with Gasteiger partial charge in [0.25, 0.3) is 0 Å². The molecule has 4 aliphatic rings. The van der Waals surface area contributed by atoms with Gasteiger partial charge in [-0.2, -0.15) is 0 Å². The molecular formula is C41H71N3O8.